The third-order valence-electron chi connectivity index (χ3n) is 4.13. The summed E-state index contributed by atoms with van der Waals surface area (Å²) in [6.07, 6.45) is -0.505. The first-order valence-corrected chi connectivity index (χ1v) is 7.52. The van der Waals surface area contributed by atoms with Gasteiger partial charge in [-0.25, -0.2) is 8.78 Å². The molecular formula is C16H14Cl3F2NO. The molecule has 1 N–H and O–H groups in total. The molecule has 7 heteroatoms. The predicted molar refractivity (Wildman–Crippen MR) is 88.8 cm³/mol. The van der Waals surface area contributed by atoms with E-state index in [1.807, 2.05) is 0 Å². The van der Waals surface area contributed by atoms with Crippen LogP contribution >= 0.6 is 35.6 Å². The lowest BCUT2D eigenvalue weighted by molar-refractivity contribution is -0.163. The van der Waals surface area contributed by atoms with Gasteiger partial charge >= 0.3 is 0 Å². The Morgan fingerprint density at radius 1 is 1.09 bits per heavy atom. The third-order valence-corrected chi connectivity index (χ3v) is 4.87. The summed E-state index contributed by atoms with van der Waals surface area (Å²) in [7, 11) is 0. The first-order chi connectivity index (χ1) is 10.3. The van der Waals surface area contributed by atoms with Crippen molar-refractivity contribution in [3.8, 4) is 0 Å². The Balaban J connectivity index is 0.00000192. The largest absolute Gasteiger partial charge is 0.386 e. The lowest BCUT2D eigenvalue weighted by Crippen LogP contribution is -2.53. The molecule has 0 amide bonds. The molecule has 1 aliphatic rings. The SMILES string of the molecule is Cl.O[C@H](c1ccccn1)C1(c2ccc(Cl)c(Cl)c2)CC(F)(F)C1. The smallest absolute Gasteiger partial charge is 0.250 e. The maximum atomic E-state index is 13.6. The normalized spacial score (nSPS) is 19.3. The van der Waals surface area contributed by atoms with Crippen LogP contribution in [0.2, 0.25) is 10.0 Å². The molecule has 23 heavy (non-hydrogen) atoms. The number of benzene rings is 1. The molecule has 1 aromatic carbocycles. The first-order valence-electron chi connectivity index (χ1n) is 6.76. The van der Waals surface area contributed by atoms with Crippen LogP contribution in [0.5, 0.6) is 0 Å². The fourth-order valence-electron chi connectivity index (χ4n) is 3.05. The Hall–Kier alpha value is -0.940. The van der Waals surface area contributed by atoms with Gasteiger partial charge in [-0.15, -0.1) is 12.4 Å². The van der Waals surface area contributed by atoms with Crippen molar-refractivity contribution in [3.05, 3.63) is 63.9 Å². The van der Waals surface area contributed by atoms with Crippen LogP contribution in [0, 0.1) is 0 Å². The average Bonchev–Trinajstić information content (AvgIpc) is 2.47. The number of aliphatic hydroxyl groups excluding tert-OH is 1. The van der Waals surface area contributed by atoms with Gasteiger partial charge in [0, 0.05) is 24.5 Å². The van der Waals surface area contributed by atoms with Gasteiger partial charge in [0.1, 0.15) is 6.10 Å². The van der Waals surface area contributed by atoms with Gasteiger partial charge in [-0.2, -0.15) is 0 Å². The van der Waals surface area contributed by atoms with Crippen LogP contribution < -0.4 is 0 Å². The molecule has 1 aliphatic carbocycles. The highest BCUT2D eigenvalue weighted by atomic mass is 35.5. The summed E-state index contributed by atoms with van der Waals surface area (Å²) in [6.45, 7) is 0. The molecular weight excluding hydrogens is 367 g/mol. The Bertz CT molecular complexity index is 689. The van der Waals surface area contributed by atoms with Crippen LogP contribution in [0.3, 0.4) is 0 Å². The molecule has 0 radical (unpaired) electrons. The second-order valence-electron chi connectivity index (χ2n) is 5.65. The molecule has 0 spiro atoms. The van der Waals surface area contributed by atoms with Gasteiger partial charge in [-0.05, 0) is 29.8 Å². The zero-order valence-corrected chi connectivity index (χ0v) is 14.2. The zero-order chi connectivity index (χ0) is 16.0. The number of aliphatic hydroxyl groups is 1. The minimum absolute atomic E-state index is 0. The van der Waals surface area contributed by atoms with Crippen molar-refractivity contribution in [2.75, 3.05) is 0 Å². The van der Waals surface area contributed by atoms with Crippen molar-refractivity contribution in [2.45, 2.75) is 30.3 Å². The monoisotopic (exact) mass is 379 g/mol. The summed E-state index contributed by atoms with van der Waals surface area (Å²) in [4.78, 5) is 4.09. The quantitative estimate of drug-likeness (QED) is 0.793. The van der Waals surface area contributed by atoms with Gasteiger partial charge < -0.3 is 5.11 Å². The molecule has 1 fully saturated rings. The summed E-state index contributed by atoms with van der Waals surface area (Å²) in [5, 5.41) is 11.3. The minimum Gasteiger partial charge on any atom is -0.386 e. The van der Waals surface area contributed by atoms with E-state index in [0.29, 0.717) is 16.3 Å². The van der Waals surface area contributed by atoms with E-state index < -0.39 is 30.3 Å². The van der Waals surface area contributed by atoms with E-state index in [2.05, 4.69) is 4.98 Å². The molecule has 1 saturated carbocycles. The van der Waals surface area contributed by atoms with Crippen molar-refractivity contribution in [1.82, 2.24) is 4.98 Å². The van der Waals surface area contributed by atoms with E-state index in [-0.39, 0.29) is 17.4 Å². The number of nitrogens with zero attached hydrogens (tertiary/aromatic N) is 1. The summed E-state index contributed by atoms with van der Waals surface area (Å²) in [6, 6.07) is 9.78. The number of alkyl halides is 2. The Morgan fingerprint density at radius 2 is 1.78 bits per heavy atom. The predicted octanol–water partition coefficient (Wildman–Crippen LogP) is 5.21. The third kappa shape index (κ3) is 3.31. The number of hydrogen-bond donors (Lipinski definition) is 1. The summed E-state index contributed by atoms with van der Waals surface area (Å²) >= 11 is 11.9. The lowest BCUT2D eigenvalue weighted by atomic mass is 9.58. The zero-order valence-electron chi connectivity index (χ0n) is 11.8. The molecule has 1 aromatic heterocycles. The number of hydrogen-bond acceptors (Lipinski definition) is 2. The standard InChI is InChI=1S/C16H13Cl2F2NO.ClH/c17-11-5-4-10(7-12(11)18)15(8-16(19,20)9-15)14(22)13-3-1-2-6-21-13;/h1-7,14,22H,8-9H2;1H/t14-;/m1./s1. The summed E-state index contributed by atoms with van der Waals surface area (Å²) < 4.78 is 27.2. The van der Waals surface area contributed by atoms with E-state index in [1.54, 1.807) is 36.4 Å². The van der Waals surface area contributed by atoms with E-state index >= 15 is 0 Å². The Kier molecular flexibility index (Phi) is 5.21. The molecule has 1 heterocycles. The fourth-order valence-corrected chi connectivity index (χ4v) is 3.35. The number of rotatable bonds is 3. The van der Waals surface area contributed by atoms with Crippen molar-refractivity contribution in [2.24, 2.45) is 0 Å². The highest BCUT2D eigenvalue weighted by Gasteiger charge is 2.61. The van der Waals surface area contributed by atoms with Crippen LogP contribution in [0.15, 0.2) is 42.6 Å². The molecule has 0 bridgehead atoms. The Morgan fingerprint density at radius 3 is 2.30 bits per heavy atom. The molecule has 124 valence electrons. The van der Waals surface area contributed by atoms with Crippen molar-refractivity contribution in [3.63, 3.8) is 0 Å². The second kappa shape index (κ2) is 6.52. The second-order valence-corrected chi connectivity index (χ2v) is 6.47. The van der Waals surface area contributed by atoms with Crippen molar-refractivity contribution < 1.29 is 13.9 Å². The maximum absolute atomic E-state index is 13.6. The molecule has 0 aliphatic heterocycles. The lowest BCUT2D eigenvalue weighted by Gasteiger charge is -2.50. The minimum atomic E-state index is -2.80. The number of aromatic nitrogens is 1. The summed E-state index contributed by atoms with van der Waals surface area (Å²) in [5.41, 5.74) is -0.193. The van der Waals surface area contributed by atoms with E-state index in [0.717, 1.165) is 0 Å². The topological polar surface area (TPSA) is 33.1 Å². The van der Waals surface area contributed by atoms with Crippen LogP contribution in [-0.4, -0.2) is 16.0 Å². The molecule has 3 rings (SSSR count). The molecule has 0 unspecified atom stereocenters. The van der Waals surface area contributed by atoms with Crippen molar-refractivity contribution >= 4 is 35.6 Å². The van der Waals surface area contributed by atoms with Gasteiger partial charge in [0.05, 0.1) is 15.7 Å². The van der Waals surface area contributed by atoms with Gasteiger partial charge in [-0.1, -0.05) is 35.3 Å². The van der Waals surface area contributed by atoms with E-state index in [9.17, 15) is 13.9 Å². The van der Waals surface area contributed by atoms with Gasteiger partial charge in [-0.3, -0.25) is 4.98 Å². The Labute approximate surface area is 148 Å². The van der Waals surface area contributed by atoms with Crippen LogP contribution in [0.4, 0.5) is 8.78 Å². The first kappa shape index (κ1) is 18.4. The highest BCUT2D eigenvalue weighted by Crippen LogP contribution is 2.59. The van der Waals surface area contributed by atoms with Crippen LogP contribution in [0.1, 0.15) is 30.2 Å². The fraction of sp³-hybridized carbons (Fsp3) is 0.312. The number of pyridine rings is 1. The summed E-state index contributed by atoms with van der Waals surface area (Å²) in [5.74, 6) is -2.80. The molecule has 0 saturated heterocycles. The van der Waals surface area contributed by atoms with Gasteiger partial charge in [0.15, 0.2) is 0 Å². The van der Waals surface area contributed by atoms with E-state index in [4.69, 9.17) is 23.2 Å². The van der Waals surface area contributed by atoms with Gasteiger partial charge in [0.2, 0.25) is 5.92 Å². The molecule has 2 aromatic rings. The highest BCUT2D eigenvalue weighted by molar-refractivity contribution is 6.42. The average molecular weight is 381 g/mol. The van der Waals surface area contributed by atoms with E-state index in [1.165, 1.54) is 6.20 Å². The molecule has 2 nitrogen and oxygen atoms in total. The number of halogens is 5. The molecule has 1 atom stereocenters. The van der Waals surface area contributed by atoms with Crippen LogP contribution in [0.25, 0.3) is 0 Å². The van der Waals surface area contributed by atoms with Gasteiger partial charge in [0.25, 0.3) is 0 Å². The van der Waals surface area contributed by atoms with Crippen LogP contribution in [-0.2, 0) is 5.41 Å². The maximum Gasteiger partial charge on any atom is 0.250 e. The van der Waals surface area contributed by atoms with Crippen molar-refractivity contribution in [1.29, 1.82) is 0 Å².